The molecule has 4 rings (SSSR count). The van der Waals surface area contributed by atoms with E-state index in [4.69, 9.17) is 0 Å². The highest BCUT2D eigenvalue weighted by atomic mass is 32.2. The third-order valence-electron chi connectivity index (χ3n) is 4.22. The maximum absolute atomic E-state index is 4.66. The smallest absolute Gasteiger partial charge is 0.191 e. The summed E-state index contributed by atoms with van der Waals surface area (Å²) < 4.78 is 4.12. The summed E-state index contributed by atoms with van der Waals surface area (Å²) >= 11 is 1.65. The molecule has 25 heavy (non-hydrogen) atoms. The van der Waals surface area contributed by atoms with Crippen molar-refractivity contribution in [2.24, 2.45) is 7.05 Å². The van der Waals surface area contributed by atoms with Gasteiger partial charge in [0.1, 0.15) is 5.65 Å². The second kappa shape index (κ2) is 6.37. The summed E-state index contributed by atoms with van der Waals surface area (Å²) in [6.45, 7) is 4.18. The van der Waals surface area contributed by atoms with Crippen LogP contribution >= 0.6 is 11.8 Å². The van der Waals surface area contributed by atoms with E-state index < -0.39 is 0 Å². The Balaban J connectivity index is 1.56. The van der Waals surface area contributed by atoms with E-state index in [1.165, 1.54) is 11.1 Å². The summed E-state index contributed by atoms with van der Waals surface area (Å²) in [5.74, 6) is 1.66. The number of imidazole rings is 1. The molecule has 0 saturated heterocycles. The molecule has 0 N–H and O–H groups in total. The number of hydrogen-bond acceptors (Lipinski definition) is 4. The van der Waals surface area contributed by atoms with E-state index in [1.54, 1.807) is 11.8 Å². The highest BCUT2D eigenvalue weighted by molar-refractivity contribution is 7.98. The largest absolute Gasteiger partial charge is 0.307 e. The molecule has 4 aromatic rings. The first kappa shape index (κ1) is 15.9. The van der Waals surface area contributed by atoms with Gasteiger partial charge in [-0.05, 0) is 31.0 Å². The summed E-state index contributed by atoms with van der Waals surface area (Å²) in [5, 5.41) is 9.63. The number of fused-ring (bicyclic) bond motifs is 1. The molecule has 0 aliphatic rings. The first-order valence-electron chi connectivity index (χ1n) is 8.14. The molecule has 0 fully saturated rings. The van der Waals surface area contributed by atoms with Gasteiger partial charge in [-0.2, -0.15) is 0 Å². The van der Waals surface area contributed by atoms with Crippen molar-refractivity contribution in [2.75, 3.05) is 0 Å². The van der Waals surface area contributed by atoms with Crippen molar-refractivity contribution in [3.05, 3.63) is 65.6 Å². The highest BCUT2D eigenvalue weighted by Crippen LogP contribution is 2.26. The van der Waals surface area contributed by atoms with E-state index in [0.29, 0.717) is 0 Å². The first-order valence-corrected chi connectivity index (χ1v) is 9.13. The van der Waals surface area contributed by atoms with Crippen molar-refractivity contribution in [1.82, 2.24) is 24.1 Å². The van der Waals surface area contributed by atoms with Crippen LogP contribution in [0.5, 0.6) is 0 Å². The second-order valence-corrected chi connectivity index (χ2v) is 7.12. The lowest BCUT2D eigenvalue weighted by Crippen LogP contribution is -1.96. The monoisotopic (exact) mass is 349 g/mol. The summed E-state index contributed by atoms with van der Waals surface area (Å²) in [6, 6.07) is 12.4. The van der Waals surface area contributed by atoms with Gasteiger partial charge in [0.15, 0.2) is 11.0 Å². The molecule has 3 heterocycles. The molecule has 0 aliphatic carbocycles. The second-order valence-electron chi connectivity index (χ2n) is 6.17. The van der Waals surface area contributed by atoms with Crippen LogP contribution in [0.25, 0.3) is 17.0 Å². The van der Waals surface area contributed by atoms with Crippen LogP contribution in [0.3, 0.4) is 0 Å². The van der Waals surface area contributed by atoms with Crippen molar-refractivity contribution in [3.8, 4) is 11.4 Å². The quantitative estimate of drug-likeness (QED) is 0.522. The van der Waals surface area contributed by atoms with Crippen LogP contribution in [0.15, 0.2) is 53.9 Å². The Morgan fingerprint density at radius 1 is 1.00 bits per heavy atom. The highest BCUT2D eigenvalue weighted by Gasteiger charge is 2.13. The lowest BCUT2D eigenvalue weighted by Gasteiger charge is -2.05. The Morgan fingerprint density at radius 3 is 2.68 bits per heavy atom. The van der Waals surface area contributed by atoms with Crippen LogP contribution in [0.2, 0.25) is 0 Å². The first-order chi connectivity index (χ1) is 12.1. The van der Waals surface area contributed by atoms with Gasteiger partial charge < -0.3 is 8.97 Å². The van der Waals surface area contributed by atoms with Gasteiger partial charge in [-0.3, -0.25) is 0 Å². The molecule has 0 amide bonds. The van der Waals surface area contributed by atoms with E-state index in [2.05, 4.69) is 64.0 Å². The minimum Gasteiger partial charge on any atom is -0.307 e. The van der Waals surface area contributed by atoms with E-state index >= 15 is 0 Å². The maximum atomic E-state index is 4.66. The molecule has 0 bridgehead atoms. The van der Waals surface area contributed by atoms with Crippen molar-refractivity contribution in [3.63, 3.8) is 0 Å². The van der Waals surface area contributed by atoms with E-state index in [-0.39, 0.29) is 0 Å². The van der Waals surface area contributed by atoms with Crippen molar-refractivity contribution < 1.29 is 0 Å². The minimum atomic E-state index is 0.764. The molecule has 0 atom stereocenters. The molecular formula is C19H19N5S. The average Bonchev–Trinajstić information content (AvgIpc) is 3.16. The van der Waals surface area contributed by atoms with Gasteiger partial charge in [-0.1, -0.05) is 42.1 Å². The number of pyridine rings is 1. The number of benzene rings is 1. The van der Waals surface area contributed by atoms with E-state index in [0.717, 1.165) is 33.6 Å². The molecule has 0 aliphatic heterocycles. The van der Waals surface area contributed by atoms with Crippen LogP contribution in [-0.2, 0) is 12.8 Å². The fraction of sp³-hybridized carbons (Fsp3) is 0.211. The van der Waals surface area contributed by atoms with Gasteiger partial charge in [0, 0.05) is 30.8 Å². The zero-order chi connectivity index (χ0) is 17.4. The number of hydrogen-bond donors (Lipinski definition) is 0. The Hall–Kier alpha value is -2.60. The van der Waals surface area contributed by atoms with Gasteiger partial charge in [-0.15, -0.1) is 10.2 Å². The molecule has 5 nitrogen and oxygen atoms in total. The molecule has 0 unspecified atom stereocenters. The summed E-state index contributed by atoms with van der Waals surface area (Å²) in [7, 11) is 2.01. The summed E-state index contributed by atoms with van der Waals surface area (Å²) in [5.41, 5.74) is 5.55. The Labute approximate surface area is 150 Å². The van der Waals surface area contributed by atoms with Gasteiger partial charge in [0.2, 0.25) is 0 Å². The van der Waals surface area contributed by atoms with Crippen LogP contribution < -0.4 is 0 Å². The van der Waals surface area contributed by atoms with Gasteiger partial charge in [0.25, 0.3) is 0 Å². The maximum Gasteiger partial charge on any atom is 0.191 e. The third kappa shape index (κ3) is 3.05. The molecular weight excluding hydrogens is 330 g/mol. The normalized spacial score (nSPS) is 11.3. The van der Waals surface area contributed by atoms with Crippen LogP contribution in [-0.4, -0.2) is 24.1 Å². The fourth-order valence-corrected chi connectivity index (χ4v) is 3.66. The third-order valence-corrected chi connectivity index (χ3v) is 5.27. The molecule has 1 aromatic carbocycles. The molecule has 0 saturated carbocycles. The number of rotatable bonds is 4. The minimum absolute atomic E-state index is 0.764. The predicted octanol–water partition coefficient (Wildman–Crippen LogP) is 4.04. The van der Waals surface area contributed by atoms with Gasteiger partial charge in [0.05, 0.1) is 5.69 Å². The van der Waals surface area contributed by atoms with Crippen LogP contribution in [0.4, 0.5) is 0 Å². The topological polar surface area (TPSA) is 48.0 Å². The van der Waals surface area contributed by atoms with Crippen molar-refractivity contribution in [2.45, 2.75) is 24.8 Å². The molecule has 6 heteroatoms. The molecule has 0 radical (unpaired) electrons. The number of aromatic nitrogens is 5. The molecule has 3 aromatic heterocycles. The van der Waals surface area contributed by atoms with Crippen LogP contribution in [0.1, 0.15) is 16.8 Å². The number of thioether (sulfide) groups is 1. The van der Waals surface area contributed by atoms with Crippen molar-refractivity contribution in [1.29, 1.82) is 0 Å². The lowest BCUT2D eigenvalue weighted by atomic mass is 10.1. The van der Waals surface area contributed by atoms with Gasteiger partial charge in [-0.25, -0.2) is 4.98 Å². The lowest BCUT2D eigenvalue weighted by molar-refractivity contribution is 0.793. The van der Waals surface area contributed by atoms with E-state index in [1.807, 2.05) is 29.8 Å². The number of aryl methyl sites for hydroxylation is 2. The standard InChI is InChI=1S/C19H19N5S/c1-13-8-9-17-20-15(11-24(17)10-13)12-25-19-22-21-18(23(19)3)16-7-5-4-6-14(16)2/h4-11H,12H2,1-3H3. The zero-order valence-corrected chi connectivity index (χ0v) is 15.3. The SMILES string of the molecule is Cc1ccc2nc(CSc3nnc(-c4ccccc4C)n3C)cn2c1. The molecule has 0 spiro atoms. The summed E-state index contributed by atoms with van der Waals surface area (Å²) in [6.07, 6.45) is 4.17. The molecule has 126 valence electrons. The average molecular weight is 349 g/mol. The zero-order valence-electron chi connectivity index (χ0n) is 14.5. The fourth-order valence-electron chi connectivity index (χ4n) is 2.86. The van der Waals surface area contributed by atoms with Crippen molar-refractivity contribution >= 4 is 17.4 Å². The number of nitrogens with zero attached hydrogens (tertiary/aromatic N) is 5. The predicted molar refractivity (Wildman–Crippen MR) is 101 cm³/mol. The van der Waals surface area contributed by atoms with Crippen LogP contribution in [0, 0.1) is 13.8 Å². The Bertz CT molecular complexity index is 1050. The van der Waals surface area contributed by atoms with E-state index in [9.17, 15) is 0 Å². The van der Waals surface area contributed by atoms with Gasteiger partial charge >= 0.3 is 0 Å². The summed E-state index contributed by atoms with van der Waals surface area (Å²) in [4.78, 5) is 4.66. The Kier molecular flexibility index (Phi) is 4.05. The Morgan fingerprint density at radius 2 is 1.84 bits per heavy atom.